The second kappa shape index (κ2) is 9.70. The molecule has 0 spiro atoms. The van der Waals surface area contributed by atoms with E-state index in [-0.39, 0.29) is 18.8 Å². The third kappa shape index (κ3) is 5.06. The summed E-state index contributed by atoms with van der Waals surface area (Å²) in [6.07, 6.45) is 4.27. The lowest BCUT2D eigenvalue weighted by molar-refractivity contribution is -0.177. The highest BCUT2D eigenvalue weighted by atomic mass is 16.4. The molecular formula is C25H30N4O4. The predicted octanol–water partition coefficient (Wildman–Crippen LogP) is 2.43. The zero-order valence-electron chi connectivity index (χ0n) is 18.8. The van der Waals surface area contributed by atoms with E-state index < -0.39 is 29.7 Å². The smallest absolute Gasteiger partial charge is 0.327 e. The average Bonchev–Trinajstić information content (AvgIpc) is 3.28. The minimum atomic E-state index is -1.17. The van der Waals surface area contributed by atoms with E-state index >= 15 is 0 Å². The van der Waals surface area contributed by atoms with Gasteiger partial charge in [0.15, 0.2) is 0 Å². The van der Waals surface area contributed by atoms with Crippen LogP contribution < -0.4 is 5.73 Å². The molecule has 2 saturated heterocycles. The van der Waals surface area contributed by atoms with Gasteiger partial charge in [-0.3, -0.25) is 19.4 Å². The molecule has 2 aliphatic rings. The molecular weight excluding hydrogens is 420 g/mol. The summed E-state index contributed by atoms with van der Waals surface area (Å²) in [6.45, 7) is 5.05. The first-order chi connectivity index (χ1) is 15.8. The number of aromatic nitrogens is 1. The molecule has 0 bridgehead atoms. The molecule has 1 aromatic carbocycles. The molecule has 2 fully saturated rings. The Morgan fingerprint density at radius 2 is 1.94 bits per heavy atom. The highest BCUT2D eigenvalue weighted by molar-refractivity contribution is 6.08. The lowest BCUT2D eigenvalue weighted by Gasteiger charge is -2.43. The lowest BCUT2D eigenvalue weighted by atomic mass is 9.81. The highest BCUT2D eigenvalue weighted by Crippen LogP contribution is 2.33. The van der Waals surface area contributed by atoms with Gasteiger partial charge in [0.1, 0.15) is 11.9 Å². The van der Waals surface area contributed by atoms with Crippen molar-refractivity contribution in [1.29, 1.82) is 0 Å². The van der Waals surface area contributed by atoms with Crippen LogP contribution in [0.4, 0.5) is 5.82 Å². The molecule has 3 atom stereocenters. The summed E-state index contributed by atoms with van der Waals surface area (Å²) >= 11 is 0. The summed E-state index contributed by atoms with van der Waals surface area (Å²) < 4.78 is 0. The van der Waals surface area contributed by atoms with Gasteiger partial charge in [-0.1, -0.05) is 31.2 Å². The average molecular weight is 451 g/mol. The number of nitrogens with zero attached hydrogens (tertiary/aromatic N) is 3. The monoisotopic (exact) mass is 450 g/mol. The van der Waals surface area contributed by atoms with E-state index in [2.05, 4.69) is 22.0 Å². The predicted molar refractivity (Wildman–Crippen MR) is 123 cm³/mol. The molecule has 2 aromatic rings. The van der Waals surface area contributed by atoms with Gasteiger partial charge in [0.05, 0.1) is 5.92 Å². The first kappa shape index (κ1) is 22.9. The van der Waals surface area contributed by atoms with Gasteiger partial charge >= 0.3 is 5.97 Å². The molecule has 0 unspecified atom stereocenters. The van der Waals surface area contributed by atoms with Crippen LogP contribution in [0.15, 0.2) is 42.6 Å². The van der Waals surface area contributed by atoms with Crippen molar-refractivity contribution in [3.63, 3.8) is 0 Å². The normalized spacial score (nSPS) is 21.6. The fraction of sp³-hybridized carbons (Fsp3) is 0.440. The van der Waals surface area contributed by atoms with E-state index in [0.717, 1.165) is 35.7 Å². The maximum atomic E-state index is 13.0. The second-order valence-electron chi connectivity index (χ2n) is 9.12. The molecule has 8 heteroatoms. The third-order valence-corrected chi connectivity index (χ3v) is 6.64. The van der Waals surface area contributed by atoms with Crippen molar-refractivity contribution < 1.29 is 19.5 Å². The summed E-state index contributed by atoms with van der Waals surface area (Å²) in [5.74, 6) is -2.67. The van der Waals surface area contributed by atoms with Crippen molar-refractivity contribution in [2.45, 2.75) is 51.1 Å². The van der Waals surface area contributed by atoms with Crippen LogP contribution >= 0.6 is 0 Å². The number of pyridine rings is 1. The number of carboxylic acid groups (broad SMARTS) is 1. The number of anilines is 1. The Labute approximate surface area is 193 Å². The Hall–Kier alpha value is -3.26. The fourth-order valence-corrected chi connectivity index (χ4v) is 4.86. The molecule has 0 aliphatic carbocycles. The Kier molecular flexibility index (Phi) is 6.74. The number of hydrogen-bond acceptors (Lipinski definition) is 6. The van der Waals surface area contributed by atoms with Crippen LogP contribution in [0.3, 0.4) is 0 Å². The number of β-lactam (4-membered cyclic amide) rings is 1. The maximum Gasteiger partial charge on any atom is 0.327 e. The summed E-state index contributed by atoms with van der Waals surface area (Å²) in [5, 5.41) is 9.71. The molecule has 3 heterocycles. The van der Waals surface area contributed by atoms with E-state index in [4.69, 9.17) is 5.73 Å². The van der Waals surface area contributed by atoms with Crippen LogP contribution in [-0.4, -0.2) is 56.8 Å². The first-order valence-electron chi connectivity index (χ1n) is 11.4. The maximum absolute atomic E-state index is 13.0. The minimum absolute atomic E-state index is 0.0810. The van der Waals surface area contributed by atoms with Crippen LogP contribution in [0.25, 0.3) is 0 Å². The summed E-state index contributed by atoms with van der Waals surface area (Å²) in [6, 6.07) is 10.3. The number of nitrogens with two attached hydrogens (primary N) is 1. The van der Waals surface area contributed by atoms with E-state index in [1.165, 1.54) is 24.6 Å². The molecule has 8 nitrogen and oxygen atoms in total. The molecule has 174 valence electrons. The standard InChI is InChI=1S/C25H30N4O4/c1-16(19-6-4-5-18(12-19)15-28-9-2-3-10-28)11-22(30)29-23(25(32)33)20(24(29)31)13-17-7-8-27-21(26)14-17/h4-8,12,14,16,20,23H,2-3,9-11,13,15H2,1H3,(H2,26,27)(H,32,33)/t16-,20+,23-/m0/s1. The number of carbonyl (C=O) groups excluding carboxylic acids is 2. The van der Waals surface area contributed by atoms with Crippen LogP contribution in [0.2, 0.25) is 0 Å². The molecule has 0 radical (unpaired) electrons. The Morgan fingerprint density at radius 3 is 2.64 bits per heavy atom. The van der Waals surface area contributed by atoms with E-state index in [1.54, 1.807) is 12.1 Å². The van der Waals surface area contributed by atoms with Gasteiger partial charge in [-0.25, -0.2) is 9.78 Å². The van der Waals surface area contributed by atoms with Crippen molar-refractivity contribution in [2.24, 2.45) is 5.92 Å². The lowest BCUT2D eigenvalue weighted by Crippen LogP contribution is -2.66. The van der Waals surface area contributed by atoms with E-state index in [1.807, 2.05) is 19.1 Å². The van der Waals surface area contributed by atoms with Gasteiger partial charge in [-0.15, -0.1) is 0 Å². The number of carboxylic acids is 1. The van der Waals surface area contributed by atoms with Gasteiger partial charge in [-0.2, -0.15) is 0 Å². The van der Waals surface area contributed by atoms with Gasteiger partial charge in [0, 0.05) is 19.2 Å². The fourth-order valence-electron chi connectivity index (χ4n) is 4.86. The zero-order chi connectivity index (χ0) is 23.5. The van der Waals surface area contributed by atoms with Crippen molar-refractivity contribution >= 4 is 23.6 Å². The Balaban J connectivity index is 1.41. The largest absolute Gasteiger partial charge is 0.480 e. The summed E-state index contributed by atoms with van der Waals surface area (Å²) in [4.78, 5) is 44.9. The topological polar surface area (TPSA) is 117 Å². The van der Waals surface area contributed by atoms with Crippen molar-refractivity contribution in [3.8, 4) is 0 Å². The van der Waals surface area contributed by atoms with Crippen LogP contribution in [-0.2, 0) is 27.3 Å². The van der Waals surface area contributed by atoms with Crippen LogP contribution in [0, 0.1) is 5.92 Å². The Bertz CT molecular complexity index is 1050. The summed E-state index contributed by atoms with van der Waals surface area (Å²) in [5.41, 5.74) is 8.63. The number of nitrogen functional groups attached to an aromatic ring is 1. The number of benzene rings is 1. The molecule has 0 saturated carbocycles. The van der Waals surface area contributed by atoms with Crippen LogP contribution in [0.1, 0.15) is 48.8 Å². The first-order valence-corrected chi connectivity index (χ1v) is 11.4. The van der Waals surface area contributed by atoms with Crippen LogP contribution in [0.5, 0.6) is 0 Å². The van der Waals surface area contributed by atoms with Crippen molar-refractivity contribution in [1.82, 2.24) is 14.8 Å². The highest BCUT2D eigenvalue weighted by Gasteiger charge is 2.54. The number of amides is 2. The van der Waals surface area contributed by atoms with Crippen molar-refractivity contribution in [2.75, 3.05) is 18.8 Å². The van der Waals surface area contributed by atoms with E-state index in [0.29, 0.717) is 5.82 Å². The molecule has 4 rings (SSSR count). The number of imide groups is 1. The molecule has 2 amide bonds. The minimum Gasteiger partial charge on any atom is -0.480 e. The second-order valence-corrected chi connectivity index (χ2v) is 9.12. The van der Waals surface area contributed by atoms with Gasteiger partial charge < -0.3 is 10.8 Å². The molecule has 3 N–H and O–H groups in total. The number of likely N-dealkylation sites (tertiary alicyclic amines) is 2. The van der Waals surface area contributed by atoms with Gasteiger partial charge in [-0.05, 0) is 67.1 Å². The van der Waals surface area contributed by atoms with Crippen molar-refractivity contribution in [3.05, 3.63) is 59.3 Å². The molecule has 1 aromatic heterocycles. The SMILES string of the molecule is C[C@@H](CC(=O)N1C(=O)[C@H](Cc2ccnc(N)c2)[C@H]1C(=O)O)c1cccc(CN2CCCC2)c1. The molecule has 33 heavy (non-hydrogen) atoms. The zero-order valence-corrected chi connectivity index (χ0v) is 18.8. The third-order valence-electron chi connectivity index (χ3n) is 6.64. The Morgan fingerprint density at radius 1 is 1.18 bits per heavy atom. The summed E-state index contributed by atoms with van der Waals surface area (Å²) in [7, 11) is 0. The quantitative estimate of drug-likeness (QED) is 0.593. The van der Waals surface area contributed by atoms with Gasteiger partial charge in [0.2, 0.25) is 11.8 Å². The van der Waals surface area contributed by atoms with Gasteiger partial charge in [0.25, 0.3) is 0 Å². The number of hydrogen-bond donors (Lipinski definition) is 2. The number of rotatable bonds is 8. The number of aliphatic carboxylic acids is 1. The van der Waals surface area contributed by atoms with E-state index in [9.17, 15) is 19.5 Å². The molecule has 2 aliphatic heterocycles. The number of carbonyl (C=O) groups is 3.